The van der Waals surface area contributed by atoms with Crippen molar-refractivity contribution < 1.29 is 4.52 Å². The molecule has 3 N–H and O–H groups in total. The summed E-state index contributed by atoms with van der Waals surface area (Å²) in [6, 6.07) is 8.37. The van der Waals surface area contributed by atoms with E-state index in [1.807, 2.05) is 6.07 Å². The lowest BCUT2D eigenvalue weighted by molar-refractivity contribution is 0.372. The maximum Gasteiger partial charge on any atom is 0.193 e. The van der Waals surface area contributed by atoms with E-state index in [-0.39, 0.29) is 24.0 Å². The van der Waals surface area contributed by atoms with Crippen LogP contribution in [0.1, 0.15) is 68.0 Å². The number of nitrogens with zero attached hydrogens (tertiary/aromatic N) is 2. The van der Waals surface area contributed by atoms with Gasteiger partial charge in [0.1, 0.15) is 6.54 Å². The summed E-state index contributed by atoms with van der Waals surface area (Å²) in [5, 5.41) is 7.43. The number of aryl methyl sites for hydroxylation is 1. The van der Waals surface area contributed by atoms with E-state index in [0.717, 1.165) is 42.8 Å². The molecule has 1 aliphatic rings. The van der Waals surface area contributed by atoms with E-state index in [2.05, 4.69) is 47.5 Å². The fraction of sp³-hybridized carbons (Fsp3) is 0.500. The molecule has 26 heavy (non-hydrogen) atoms. The molecule has 0 spiro atoms. The smallest absolute Gasteiger partial charge is 0.193 e. The Balaban J connectivity index is 0.00000243. The predicted molar refractivity (Wildman–Crippen MR) is 117 cm³/mol. The second-order valence-electron chi connectivity index (χ2n) is 6.71. The van der Waals surface area contributed by atoms with Crippen molar-refractivity contribution in [2.24, 2.45) is 10.7 Å². The number of benzene rings is 1. The highest BCUT2D eigenvalue weighted by Crippen LogP contribution is 2.27. The molecule has 0 saturated heterocycles. The minimum absolute atomic E-state index is 0. The SMILES string of the molecule is CCC(CC)c1cc(CN=C(N)Nc2cccc3c2CCCC3)on1.I. The summed E-state index contributed by atoms with van der Waals surface area (Å²) in [7, 11) is 0. The minimum atomic E-state index is 0. The van der Waals surface area contributed by atoms with Crippen LogP contribution >= 0.6 is 24.0 Å². The zero-order valence-corrected chi connectivity index (χ0v) is 18.0. The zero-order chi connectivity index (χ0) is 17.6. The summed E-state index contributed by atoms with van der Waals surface area (Å²) in [6.45, 7) is 4.74. The fourth-order valence-corrected chi connectivity index (χ4v) is 3.54. The number of fused-ring (bicyclic) bond motifs is 1. The summed E-state index contributed by atoms with van der Waals surface area (Å²) >= 11 is 0. The number of aromatic nitrogens is 1. The van der Waals surface area contributed by atoms with E-state index in [9.17, 15) is 0 Å². The lowest BCUT2D eigenvalue weighted by Gasteiger charge is -2.19. The molecule has 1 aromatic heterocycles. The van der Waals surface area contributed by atoms with E-state index >= 15 is 0 Å². The van der Waals surface area contributed by atoms with Gasteiger partial charge < -0.3 is 15.6 Å². The number of aliphatic imine (C=N–C) groups is 1. The second-order valence-corrected chi connectivity index (χ2v) is 6.71. The van der Waals surface area contributed by atoms with E-state index in [4.69, 9.17) is 10.3 Å². The normalized spacial score (nSPS) is 14.0. The van der Waals surface area contributed by atoms with Crippen molar-refractivity contribution in [3.8, 4) is 0 Å². The number of rotatable bonds is 6. The molecule has 0 unspecified atom stereocenters. The first kappa shape index (κ1) is 20.7. The third-order valence-electron chi connectivity index (χ3n) is 5.04. The van der Waals surface area contributed by atoms with Gasteiger partial charge in [0.25, 0.3) is 0 Å². The van der Waals surface area contributed by atoms with E-state index in [0.29, 0.717) is 18.4 Å². The highest BCUT2D eigenvalue weighted by molar-refractivity contribution is 14.0. The van der Waals surface area contributed by atoms with Crippen LogP contribution in [-0.4, -0.2) is 11.1 Å². The van der Waals surface area contributed by atoms with Crippen LogP contribution in [0.2, 0.25) is 0 Å². The van der Waals surface area contributed by atoms with E-state index in [1.165, 1.54) is 24.0 Å². The molecule has 0 atom stereocenters. The first-order valence-electron chi connectivity index (χ1n) is 9.34. The van der Waals surface area contributed by atoms with Gasteiger partial charge in [-0.15, -0.1) is 24.0 Å². The number of hydrogen-bond donors (Lipinski definition) is 2. The third kappa shape index (κ3) is 4.99. The largest absolute Gasteiger partial charge is 0.370 e. The van der Waals surface area contributed by atoms with Gasteiger partial charge >= 0.3 is 0 Å². The molecule has 142 valence electrons. The Morgan fingerprint density at radius 3 is 2.81 bits per heavy atom. The third-order valence-corrected chi connectivity index (χ3v) is 5.04. The number of hydrogen-bond acceptors (Lipinski definition) is 3. The van der Waals surface area contributed by atoms with E-state index < -0.39 is 0 Å². The highest BCUT2D eigenvalue weighted by Gasteiger charge is 2.14. The van der Waals surface area contributed by atoms with Crippen molar-refractivity contribution >= 4 is 35.6 Å². The average molecular weight is 468 g/mol. The molecule has 0 aliphatic heterocycles. The molecule has 0 bridgehead atoms. The molecule has 0 amide bonds. The minimum Gasteiger partial charge on any atom is -0.370 e. The van der Waals surface area contributed by atoms with Crippen LogP contribution in [0, 0.1) is 0 Å². The summed E-state index contributed by atoms with van der Waals surface area (Å²) in [4.78, 5) is 4.41. The molecule has 3 rings (SSSR count). The molecule has 1 heterocycles. The van der Waals surface area contributed by atoms with Gasteiger partial charge in [-0.2, -0.15) is 0 Å². The Labute approximate surface area is 172 Å². The Bertz CT molecular complexity index is 737. The first-order valence-corrected chi connectivity index (χ1v) is 9.34. The van der Waals surface area contributed by atoms with Gasteiger partial charge in [-0.25, -0.2) is 4.99 Å². The van der Waals surface area contributed by atoms with Crippen molar-refractivity contribution in [1.82, 2.24) is 5.16 Å². The summed E-state index contributed by atoms with van der Waals surface area (Å²) < 4.78 is 5.40. The molecule has 0 radical (unpaired) electrons. The maximum atomic E-state index is 6.08. The van der Waals surface area contributed by atoms with Gasteiger partial charge in [-0.05, 0) is 55.7 Å². The number of halogens is 1. The standard InChI is InChI=1S/C20H28N4O.HI/c1-3-14(4-2)19-12-16(25-24-19)13-22-20(21)23-18-11-7-9-15-8-5-6-10-17(15)18;/h7,9,11-12,14H,3-6,8,10,13H2,1-2H3,(H3,21,22,23);1H. The van der Waals surface area contributed by atoms with E-state index in [1.54, 1.807) is 0 Å². The maximum absolute atomic E-state index is 6.08. The van der Waals surface area contributed by atoms with Crippen LogP contribution in [-0.2, 0) is 19.4 Å². The van der Waals surface area contributed by atoms with Gasteiger partial charge in [0, 0.05) is 17.7 Å². The van der Waals surface area contributed by atoms with Gasteiger partial charge in [-0.1, -0.05) is 31.1 Å². The van der Waals surface area contributed by atoms with Crippen molar-refractivity contribution in [2.45, 2.75) is 64.8 Å². The number of nitrogens with two attached hydrogens (primary N) is 1. The number of anilines is 1. The van der Waals surface area contributed by atoms with Crippen molar-refractivity contribution in [3.05, 3.63) is 46.8 Å². The monoisotopic (exact) mass is 468 g/mol. The lowest BCUT2D eigenvalue weighted by atomic mass is 9.90. The zero-order valence-electron chi connectivity index (χ0n) is 15.6. The Morgan fingerprint density at radius 2 is 2.04 bits per heavy atom. The molecule has 1 aliphatic carbocycles. The van der Waals surface area contributed by atoms with Crippen molar-refractivity contribution in [2.75, 3.05) is 5.32 Å². The first-order chi connectivity index (χ1) is 12.2. The topological polar surface area (TPSA) is 76.4 Å². The van der Waals surface area contributed by atoms with Crippen LogP contribution < -0.4 is 11.1 Å². The summed E-state index contributed by atoms with van der Waals surface area (Å²) in [6.07, 6.45) is 6.89. The Hall–Kier alpha value is -1.57. The van der Waals surface area contributed by atoms with Crippen LogP contribution in [0.4, 0.5) is 5.69 Å². The number of nitrogens with one attached hydrogen (secondary N) is 1. The molecule has 0 saturated carbocycles. The lowest BCUT2D eigenvalue weighted by Crippen LogP contribution is -2.24. The van der Waals surface area contributed by atoms with Crippen LogP contribution in [0.5, 0.6) is 0 Å². The molecule has 0 fully saturated rings. The Kier molecular flexibility index (Phi) is 7.93. The van der Waals surface area contributed by atoms with Gasteiger partial charge in [0.05, 0.1) is 5.69 Å². The Morgan fingerprint density at radius 1 is 1.27 bits per heavy atom. The van der Waals surface area contributed by atoms with Crippen molar-refractivity contribution in [1.29, 1.82) is 0 Å². The second kappa shape index (κ2) is 9.94. The van der Waals surface area contributed by atoms with Gasteiger partial charge in [0.15, 0.2) is 11.7 Å². The molecule has 1 aromatic carbocycles. The van der Waals surface area contributed by atoms with Crippen LogP contribution in [0.3, 0.4) is 0 Å². The molecule has 6 heteroatoms. The van der Waals surface area contributed by atoms with Crippen LogP contribution in [0.25, 0.3) is 0 Å². The molecule has 2 aromatic rings. The molecule has 5 nitrogen and oxygen atoms in total. The quantitative estimate of drug-likeness (QED) is 0.355. The molecular formula is C20H29IN4O. The van der Waals surface area contributed by atoms with Gasteiger partial charge in [-0.3, -0.25) is 0 Å². The molecular weight excluding hydrogens is 439 g/mol. The van der Waals surface area contributed by atoms with Crippen molar-refractivity contribution in [3.63, 3.8) is 0 Å². The predicted octanol–water partition coefficient (Wildman–Crippen LogP) is 5.00. The average Bonchev–Trinajstić information content (AvgIpc) is 3.10. The summed E-state index contributed by atoms with van der Waals surface area (Å²) in [5.74, 6) is 1.62. The number of guanidine groups is 1. The highest BCUT2D eigenvalue weighted by atomic mass is 127. The van der Waals surface area contributed by atoms with Gasteiger partial charge in [0.2, 0.25) is 0 Å². The van der Waals surface area contributed by atoms with Crippen LogP contribution in [0.15, 0.2) is 33.8 Å². The fourth-order valence-electron chi connectivity index (χ4n) is 3.54. The summed E-state index contributed by atoms with van der Waals surface area (Å²) in [5.41, 5.74) is 11.0.